The van der Waals surface area contributed by atoms with Crippen LogP contribution in [0.4, 0.5) is 15.9 Å². The first kappa shape index (κ1) is 24.1. The van der Waals surface area contributed by atoms with Crippen LogP contribution in [0.2, 0.25) is 0 Å². The molecule has 196 valence electrons. The molecule has 2 fully saturated rings. The lowest BCUT2D eigenvalue weighted by Gasteiger charge is -2.41. The molecule has 4 aliphatic rings. The number of likely N-dealkylation sites (N-methyl/N-ethyl adjacent to an activating group) is 1. The van der Waals surface area contributed by atoms with Gasteiger partial charge < -0.3 is 20.0 Å². The number of hydrogen-bond acceptors (Lipinski definition) is 8. The van der Waals surface area contributed by atoms with Gasteiger partial charge in [0.25, 0.3) is 0 Å². The number of likely N-dealkylation sites (tertiary alicyclic amines) is 1. The van der Waals surface area contributed by atoms with Crippen molar-refractivity contribution >= 4 is 28.7 Å². The predicted octanol–water partition coefficient (Wildman–Crippen LogP) is 2.57. The van der Waals surface area contributed by atoms with Crippen LogP contribution in [0.15, 0.2) is 39.4 Å². The highest BCUT2D eigenvalue weighted by Crippen LogP contribution is 2.36. The van der Waals surface area contributed by atoms with Gasteiger partial charge in [0, 0.05) is 69.7 Å². The number of aromatic nitrogens is 2. The summed E-state index contributed by atoms with van der Waals surface area (Å²) in [6, 6.07) is 2.43. The lowest BCUT2D eigenvalue weighted by molar-refractivity contribution is 0.148. The van der Waals surface area contributed by atoms with E-state index in [0.29, 0.717) is 35.9 Å². The summed E-state index contributed by atoms with van der Waals surface area (Å²) in [5.41, 5.74) is 3.61. The average molecular weight is 507 g/mol. The minimum Gasteiger partial charge on any atom is -0.368 e. The van der Waals surface area contributed by atoms with Crippen molar-refractivity contribution in [3.8, 4) is 0 Å². The number of hydrogen-bond donors (Lipinski definition) is 1. The standard InChI is InChI=1S/C27H35FN8O/c1-4-35-26-23-21(29-17-30-26)14-19(24(28)25(23)31-27(35)37)15-33-10-12-34(13-11-33)22-6-5-8-36(18(22)2)20-7-9-32(3)16-20/h5-6,14,17,20H,4,7-13,15-16H2,1-3H3,(H,29,30)/t20-/m0/s1. The highest BCUT2D eigenvalue weighted by atomic mass is 19.1. The summed E-state index contributed by atoms with van der Waals surface area (Å²) in [7, 11) is 2.20. The van der Waals surface area contributed by atoms with Gasteiger partial charge >= 0.3 is 5.69 Å². The van der Waals surface area contributed by atoms with E-state index < -0.39 is 11.5 Å². The Morgan fingerprint density at radius 1 is 1.19 bits per heavy atom. The molecule has 1 atom stereocenters. The van der Waals surface area contributed by atoms with Crippen molar-refractivity contribution in [2.75, 3.05) is 58.2 Å². The molecule has 1 N–H and O–H groups in total. The zero-order valence-corrected chi connectivity index (χ0v) is 21.9. The molecule has 2 saturated heterocycles. The van der Waals surface area contributed by atoms with Gasteiger partial charge in [-0.15, -0.1) is 0 Å². The Kier molecular flexibility index (Phi) is 6.24. The summed E-state index contributed by atoms with van der Waals surface area (Å²) in [6.45, 7) is 11.8. The zero-order chi connectivity index (χ0) is 25.7. The van der Waals surface area contributed by atoms with Gasteiger partial charge in [-0.05, 0) is 46.0 Å². The predicted molar refractivity (Wildman–Crippen MR) is 145 cm³/mol. The Labute approximate surface area is 216 Å². The fourth-order valence-electron chi connectivity index (χ4n) is 6.22. The van der Waals surface area contributed by atoms with Gasteiger partial charge in [0.05, 0.1) is 23.1 Å². The summed E-state index contributed by atoms with van der Waals surface area (Å²) in [6.07, 6.45) is 7.33. The minimum atomic E-state index is -0.470. The second-order valence-corrected chi connectivity index (χ2v) is 10.5. The molecule has 0 spiro atoms. The third kappa shape index (κ3) is 4.21. The quantitative estimate of drug-likeness (QED) is 0.668. The molecular weight excluding hydrogens is 471 g/mol. The Hall–Kier alpha value is -3.24. The molecule has 2 aromatic rings. The number of nitrogens with zero attached hydrogens (tertiary/aromatic N) is 7. The molecule has 4 aliphatic heterocycles. The number of anilines is 1. The molecule has 0 radical (unpaired) electrons. The smallest absolute Gasteiger partial charge is 0.349 e. The third-order valence-corrected chi connectivity index (χ3v) is 8.25. The van der Waals surface area contributed by atoms with Crippen molar-refractivity contribution in [1.82, 2.24) is 29.2 Å². The van der Waals surface area contributed by atoms with Crippen LogP contribution in [0.1, 0.15) is 25.8 Å². The molecule has 1 aromatic carbocycles. The van der Waals surface area contributed by atoms with Crippen LogP contribution < -0.4 is 11.0 Å². The molecule has 6 rings (SSSR count). The molecule has 0 amide bonds. The monoisotopic (exact) mass is 506 g/mol. The molecule has 10 heteroatoms. The first-order chi connectivity index (χ1) is 17.9. The fraction of sp³-hybridized carbons (Fsp3) is 0.519. The van der Waals surface area contributed by atoms with Crippen molar-refractivity contribution in [1.29, 1.82) is 0 Å². The van der Waals surface area contributed by atoms with E-state index in [1.165, 1.54) is 22.4 Å². The maximum Gasteiger partial charge on any atom is 0.349 e. The van der Waals surface area contributed by atoms with Crippen molar-refractivity contribution in [3.05, 3.63) is 51.5 Å². The average Bonchev–Trinajstić information content (AvgIpc) is 3.33. The highest BCUT2D eigenvalue weighted by Gasteiger charge is 2.30. The van der Waals surface area contributed by atoms with Crippen LogP contribution in [-0.4, -0.2) is 94.4 Å². The van der Waals surface area contributed by atoms with E-state index in [1.807, 2.05) is 13.0 Å². The van der Waals surface area contributed by atoms with Gasteiger partial charge in [-0.3, -0.25) is 9.47 Å². The number of halogens is 1. The van der Waals surface area contributed by atoms with Gasteiger partial charge in [-0.25, -0.2) is 14.2 Å². The molecule has 9 nitrogen and oxygen atoms in total. The summed E-state index contributed by atoms with van der Waals surface area (Å²) < 4.78 is 17.1. The van der Waals surface area contributed by atoms with Crippen LogP contribution >= 0.6 is 0 Å². The van der Waals surface area contributed by atoms with Crippen LogP contribution in [0.3, 0.4) is 0 Å². The van der Waals surface area contributed by atoms with E-state index in [4.69, 9.17) is 0 Å². The van der Waals surface area contributed by atoms with Crippen LogP contribution in [0, 0.1) is 5.82 Å². The van der Waals surface area contributed by atoms with E-state index in [0.717, 1.165) is 51.5 Å². The van der Waals surface area contributed by atoms with Crippen LogP contribution in [0.25, 0.3) is 10.9 Å². The van der Waals surface area contributed by atoms with Crippen molar-refractivity contribution in [2.45, 2.75) is 39.4 Å². The summed E-state index contributed by atoms with van der Waals surface area (Å²) >= 11 is 0. The number of benzene rings is 1. The van der Waals surface area contributed by atoms with Gasteiger partial charge in [0.2, 0.25) is 0 Å². The number of rotatable bonds is 5. The number of allylic oxidation sites excluding steroid dienone is 2. The van der Waals surface area contributed by atoms with E-state index in [-0.39, 0.29) is 5.52 Å². The van der Waals surface area contributed by atoms with Gasteiger partial charge in [0.15, 0.2) is 5.82 Å². The Morgan fingerprint density at radius 2 is 2.00 bits per heavy atom. The third-order valence-electron chi connectivity index (χ3n) is 8.25. The van der Waals surface area contributed by atoms with Crippen molar-refractivity contribution in [2.24, 2.45) is 4.99 Å². The first-order valence-corrected chi connectivity index (χ1v) is 13.3. The summed E-state index contributed by atoms with van der Waals surface area (Å²) in [5, 5.41) is 3.69. The van der Waals surface area contributed by atoms with E-state index in [1.54, 1.807) is 6.34 Å². The van der Waals surface area contributed by atoms with Gasteiger partial charge in [-0.2, -0.15) is 4.98 Å². The molecule has 5 heterocycles. The van der Waals surface area contributed by atoms with Gasteiger partial charge in [0.1, 0.15) is 11.3 Å². The Bertz CT molecular complexity index is 1370. The lowest BCUT2D eigenvalue weighted by atomic mass is 10.1. The summed E-state index contributed by atoms with van der Waals surface area (Å²) in [4.78, 5) is 30.7. The Morgan fingerprint density at radius 3 is 2.73 bits per heavy atom. The second kappa shape index (κ2) is 9.57. The Balaban J connectivity index is 1.19. The molecule has 1 aromatic heterocycles. The number of aliphatic imine (C=N–C) groups is 1. The van der Waals surface area contributed by atoms with Crippen molar-refractivity contribution < 1.29 is 4.39 Å². The normalized spacial score (nSPS) is 22.4. The molecular formula is C27H35FN8O. The topological polar surface area (TPSA) is 72.2 Å². The SMILES string of the molecule is CCn1c2c3c(cc(CN4CCN(C5=C(C)N([C@H]6CCN(C)C6)CC=C5)CC4)c(F)c3nc1=O)NC=N2. The second-order valence-electron chi connectivity index (χ2n) is 10.5. The van der Waals surface area contributed by atoms with Crippen molar-refractivity contribution in [3.63, 3.8) is 0 Å². The number of piperazine rings is 1. The van der Waals surface area contributed by atoms with Gasteiger partial charge in [-0.1, -0.05) is 6.08 Å². The van der Waals surface area contributed by atoms with E-state index in [2.05, 4.69) is 61.0 Å². The maximum absolute atomic E-state index is 15.6. The number of nitrogens with one attached hydrogen (secondary N) is 1. The minimum absolute atomic E-state index is 0.103. The van der Waals surface area contributed by atoms with E-state index >= 15 is 4.39 Å². The van der Waals surface area contributed by atoms with Crippen LogP contribution in [0.5, 0.6) is 0 Å². The molecule has 0 saturated carbocycles. The molecule has 0 aliphatic carbocycles. The molecule has 0 unspecified atom stereocenters. The largest absolute Gasteiger partial charge is 0.368 e. The summed E-state index contributed by atoms with van der Waals surface area (Å²) in [5.74, 6) is 0.0420. The maximum atomic E-state index is 15.6. The zero-order valence-electron chi connectivity index (χ0n) is 21.9. The highest BCUT2D eigenvalue weighted by molar-refractivity contribution is 6.06. The first-order valence-electron chi connectivity index (χ1n) is 13.3. The van der Waals surface area contributed by atoms with Crippen LogP contribution in [-0.2, 0) is 13.1 Å². The molecule has 37 heavy (non-hydrogen) atoms. The van der Waals surface area contributed by atoms with E-state index in [9.17, 15) is 4.79 Å². The molecule has 0 bridgehead atoms. The fourth-order valence-corrected chi connectivity index (χ4v) is 6.22. The lowest BCUT2D eigenvalue weighted by Crippen LogP contribution is -2.47.